The molecule has 16 rings (SSSR count). The maximum atomic E-state index is 9.39. The molecular formula is C78H96N28O8. The van der Waals surface area contributed by atoms with E-state index in [1.807, 2.05) is 117 Å². The van der Waals surface area contributed by atoms with E-state index < -0.39 is 24.2 Å². The standard InChI is InChI=1S/2C20H25N7O2.2C19H23N7O2/c2*1-3-4-14(2)25-10-16(8-22-25)20-19-5-6-21-27(19)11-18(24-20)15-7-23-26(9-15)17(12-28)13-29;2*1-3-13(2)24-9-15(7-21-24)19-18-4-5-20-26(18)10-17(23-19)14-6-22-25(8-14)16(11-27)12-28/h2*5-11,14,17,28-29H,3-4,12-13H2,1-2H3;2*4-10,13,16,27-28H,3,11-12H2,1-2H3/t2*14-;2*13-/m1010/s1. The SMILES string of the molecule is CCC[C@@H](C)n1cc(-c2nc(-c3cnn(C(CO)CO)c3)cn3nccc23)cn1.CCC[C@H](C)n1cc(-c2nc(-c3cnn(C(CO)CO)c3)cn3nccc23)cn1.CC[C@@H](C)n1cc(-c2nc(-c3cnn(C(CO)CO)c3)cn3nccc23)cn1.CC[C@H](C)n1cc(-c2nc(-c3cnn(C(CO)CO)c3)cn3nccc23)cn1. The van der Waals surface area contributed by atoms with E-state index in [0.29, 0.717) is 46.9 Å². The van der Waals surface area contributed by atoms with Crippen LogP contribution in [0.4, 0.5) is 0 Å². The van der Waals surface area contributed by atoms with Crippen molar-refractivity contribution in [3.05, 3.63) is 173 Å². The van der Waals surface area contributed by atoms with Crippen LogP contribution < -0.4 is 0 Å². The number of aromatic nitrogens is 28. The minimum absolute atomic E-state index is 0.191. The topological polar surface area (TPSA) is 425 Å². The summed E-state index contributed by atoms with van der Waals surface area (Å²) in [7, 11) is 0. The number of aliphatic hydroxyl groups excluding tert-OH is 8. The molecule has 16 heterocycles. The van der Waals surface area contributed by atoms with E-state index in [2.05, 4.69) is 117 Å². The van der Waals surface area contributed by atoms with Crippen LogP contribution in [0.3, 0.4) is 0 Å². The van der Waals surface area contributed by atoms with Crippen molar-refractivity contribution in [2.24, 2.45) is 0 Å². The molecule has 0 amide bonds. The van der Waals surface area contributed by atoms with E-state index in [9.17, 15) is 40.9 Å². The maximum Gasteiger partial charge on any atom is 0.0999 e. The van der Waals surface area contributed by atoms with Gasteiger partial charge >= 0.3 is 0 Å². The van der Waals surface area contributed by atoms with Gasteiger partial charge in [0, 0.05) is 118 Å². The van der Waals surface area contributed by atoms with Crippen molar-refractivity contribution in [1.29, 1.82) is 0 Å². The molecule has 0 saturated carbocycles. The Hall–Kier alpha value is -12.2. The first-order valence-electron chi connectivity index (χ1n) is 38.2. The summed E-state index contributed by atoms with van der Waals surface area (Å²) in [5.74, 6) is 0. The minimum atomic E-state index is -0.477. The lowest BCUT2D eigenvalue weighted by molar-refractivity contribution is 0.146. The third-order valence-corrected chi connectivity index (χ3v) is 20.2. The van der Waals surface area contributed by atoms with Crippen LogP contribution in [-0.2, 0) is 0 Å². The fraction of sp³-hybridized carbons (Fsp3) is 0.385. The summed E-state index contributed by atoms with van der Waals surface area (Å²) in [6.45, 7) is 15.6. The Labute approximate surface area is 654 Å². The third-order valence-electron chi connectivity index (χ3n) is 20.2. The van der Waals surface area contributed by atoms with Crippen molar-refractivity contribution < 1.29 is 40.9 Å². The molecule has 0 aliphatic carbocycles. The van der Waals surface area contributed by atoms with Gasteiger partial charge in [0.1, 0.15) is 0 Å². The normalized spacial score (nSPS) is 12.9. The molecule has 0 aromatic carbocycles. The molecule has 16 aromatic rings. The van der Waals surface area contributed by atoms with Gasteiger partial charge in [0.15, 0.2) is 0 Å². The van der Waals surface area contributed by atoms with Gasteiger partial charge in [-0.1, -0.05) is 40.5 Å². The highest BCUT2D eigenvalue weighted by Gasteiger charge is 2.23. The van der Waals surface area contributed by atoms with Crippen molar-refractivity contribution in [2.45, 2.75) is 142 Å². The predicted octanol–water partition coefficient (Wildman–Crippen LogP) is 8.59. The second-order valence-corrected chi connectivity index (χ2v) is 28.1. The van der Waals surface area contributed by atoms with E-state index in [1.54, 1.807) is 111 Å². The Bertz CT molecular complexity index is 5380. The van der Waals surface area contributed by atoms with Gasteiger partial charge < -0.3 is 40.9 Å². The molecule has 0 fully saturated rings. The molecule has 4 atom stereocenters. The van der Waals surface area contributed by atoms with E-state index in [0.717, 1.165) is 128 Å². The van der Waals surface area contributed by atoms with Crippen molar-refractivity contribution in [3.63, 3.8) is 0 Å². The fourth-order valence-electron chi connectivity index (χ4n) is 13.0. The van der Waals surface area contributed by atoms with E-state index in [1.165, 1.54) is 0 Å². The van der Waals surface area contributed by atoms with Crippen molar-refractivity contribution in [1.82, 2.24) is 137 Å². The molecule has 16 aromatic heterocycles. The second kappa shape index (κ2) is 36.5. The molecule has 8 N–H and O–H groups in total. The molecule has 0 radical (unpaired) electrons. The molecule has 596 valence electrons. The summed E-state index contributed by atoms with van der Waals surface area (Å²) in [5.41, 5.74) is 16.4. The van der Waals surface area contributed by atoms with Crippen LogP contribution in [0.15, 0.2) is 173 Å². The highest BCUT2D eigenvalue weighted by Crippen LogP contribution is 2.34. The first-order chi connectivity index (χ1) is 55.6. The smallest absolute Gasteiger partial charge is 0.0999 e. The summed E-state index contributed by atoms with van der Waals surface area (Å²) in [6.07, 6.45) is 49.8. The summed E-state index contributed by atoms with van der Waals surface area (Å²) >= 11 is 0. The summed E-state index contributed by atoms with van der Waals surface area (Å²) in [6, 6.07) is 7.06. The number of nitrogens with zero attached hydrogens (tertiary/aromatic N) is 28. The molecule has 0 bridgehead atoms. The predicted molar refractivity (Wildman–Crippen MR) is 424 cm³/mol. The number of hydrogen-bond donors (Lipinski definition) is 8. The lowest BCUT2D eigenvalue weighted by Gasteiger charge is -2.10. The summed E-state index contributed by atoms with van der Waals surface area (Å²) in [5, 5.41) is 128. The number of rotatable bonds is 30. The van der Waals surface area contributed by atoms with Gasteiger partial charge in [0.2, 0.25) is 0 Å². The van der Waals surface area contributed by atoms with Crippen LogP contribution in [0, 0.1) is 0 Å². The molecule has 0 aliphatic heterocycles. The van der Waals surface area contributed by atoms with E-state index >= 15 is 0 Å². The molecular weight excluding hydrogens is 1460 g/mol. The number of fused-ring (bicyclic) bond motifs is 4. The monoisotopic (exact) mass is 1550 g/mol. The summed E-state index contributed by atoms with van der Waals surface area (Å²) in [4.78, 5) is 19.4. The van der Waals surface area contributed by atoms with Gasteiger partial charge in [-0.3, -0.25) is 37.5 Å². The van der Waals surface area contributed by atoms with Crippen LogP contribution in [0.1, 0.15) is 142 Å². The van der Waals surface area contributed by atoms with Crippen LogP contribution in [0.5, 0.6) is 0 Å². The van der Waals surface area contributed by atoms with Crippen molar-refractivity contribution >= 4 is 22.1 Å². The molecule has 0 aliphatic rings. The lowest BCUT2D eigenvalue weighted by atomic mass is 10.2. The lowest BCUT2D eigenvalue weighted by Crippen LogP contribution is -2.17. The van der Waals surface area contributed by atoms with Crippen LogP contribution in [-0.4, -0.2) is 230 Å². The number of hydrogen-bond acceptors (Lipinski definition) is 24. The third kappa shape index (κ3) is 17.2. The molecule has 0 unspecified atom stereocenters. The zero-order valence-electron chi connectivity index (χ0n) is 64.8. The Morgan fingerprint density at radius 1 is 0.254 bits per heavy atom. The van der Waals surface area contributed by atoms with Gasteiger partial charge in [-0.05, 0) is 77.6 Å². The fourth-order valence-corrected chi connectivity index (χ4v) is 13.0. The van der Waals surface area contributed by atoms with Crippen LogP contribution in [0.2, 0.25) is 0 Å². The molecule has 36 nitrogen and oxygen atoms in total. The highest BCUT2D eigenvalue weighted by molar-refractivity contribution is 5.81. The van der Waals surface area contributed by atoms with E-state index in [4.69, 9.17) is 19.9 Å². The molecule has 0 spiro atoms. The van der Waals surface area contributed by atoms with E-state index in [-0.39, 0.29) is 52.9 Å². The minimum Gasteiger partial charge on any atom is -0.394 e. The first kappa shape index (κ1) is 79.9. The van der Waals surface area contributed by atoms with Gasteiger partial charge in [-0.15, -0.1) is 0 Å². The van der Waals surface area contributed by atoms with Gasteiger partial charge in [-0.2, -0.15) is 61.2 Å². The van der Waals surface area contributed by atoms with Crippen LogP contribution in [0.25, 0.3) is 112 Å². The highest BCUT2D eigenvalue weighted by atomic mass is 16.3. The largest absolute Gasteiger partial charge is 0.394 e. The quantitative estimate of drug-likeness (QED) is 0.0209. The zero-order valence-corrected chi connectivity index (χ0v) is 64.8. The van der Waals surface area contributed by atoms with Crippen molar-refractivity contribution in [3.8, 4) is 90.1 Å². The summed E-state index contributed by atoms with van der Waals surface area (Å²) < 4.78 is 21.2. The number of aliphatic hydroxyl groups is 8. The first-order valence-corrected chi connectivity index (χ1v) is 38.2. The Kier molecular flexibility index (Phi) is 25.6. The van der Waals surface area contributed by atoms with Crippen molar-refractivity contribution in [2.75, 3.05) is 52.9 Å². The maximum absolute atomic E-state index is 9.39. The average molecular weight is 1550 g/mol. The molecule has 114 heavy (non-hydrogen) atoms. The Morgan fingerprint density at radius 2 is 0.456 bits per heavy atom. The van der Waals surface area contributed by atoms with Crippen LogP contribution >= 0.6 is 0 Å². The Balaban J connectivity index is 0.000000133. The average Bonchev–Trinajstić information content (AvgIpc) is 1.64. The van der Waals surface area contributed by atoms with Gasteiger partial charge in [-0.25, -0.2) is 38.0 Å². The second-order valence-electron chi connectivity index (χ2n) is 28.1. The Morgan fingerprint density at radius 3 is 0.667 bits per heavy atom. The van der Waals surface area contributed by atoms with Gasteiger partial charge in [0.25, 0.3) is 0 Å². The van der Waals surface area contributed by atoms with Gasteiger partial charge in [0.05, 0.1) is 244 Å². The molecule has 0 saturated heterocycles. The zero-order chi connectivity index (χ0) is 80.1. The molecule has 36 heteroatoms.